The van der Waals surface area contributed by atoms with Crippen molar-refractivity contribution in [1.82, 2.24) is 9.88 Å². The minimum atomic E-state index is -0.765. The summed E-state index contributed by atoms with van der Waals surface area (Å²) >= 11 is 5.78. The number of nitrogens with zero attached hydrogens (tertiary/aromatic N) is 2. The molecule has 1 N–H and O–H groups in total. The Morgan fingerprint density at radius 3 is 2.60 bits per heavy atom. The summed E-state index contributed by atoms with van der Waals surface area (Å²) in [5, 5.41) is 9.62. The van der Waals surface area contributed by atoms with Gasteiger partial charge >= 0.3 is 5.97 Å². The Morgan fingerprint density at radius 2 is 2.10 bits per heavy atom. The van der Waals surface area contributed by atoms with E-state index in [0.717, 1.165) is 0 Å². The molecule has 0 unspecified atom stereocenters. The van der Waals surface area contributed by atoms with Gasteiger partial charge in [-0.05, 0) is 31.4 Å². The quantitative estimate of drug-likeness (QED) is 0.870. The number of halogens is 1. The van der Waals surface area contributed by atoms with Crippen molar-refractivity contribution in [1.29, 1.82) is 0 Å². The molecule has 6 heteroatoms. The van der Waals surface area contributed by atoms with E-state index in [-0.39, 0.29) is 11.1 Å². The van der Waals surface area contributed by atoms with Crippen molar-refractivity contribution in [2.45, 2.75) is 26.2 Å². The van der Waals surface area contributed by atoms with Crippen LogP contribution in [0.5, 0.6) is 0 Å². The summed E-state index contributed by atoms with van der Waals surface area (Å²) in [6.07, 6.45) is 3.06. The van der Waals surface area contributed by atoms with Crippen LogP contribution in [-0.2, 0) is 4.79 Å². The maximum absolute atomic E-state index is 12.3. The zero-order chi connectivity index (χ0) is 14.8. The van der Waals surface area contributed by atoms with Crippen LogP contribution >= 0.6 is 11.6 Å². The fraction of sp³-hybridized carbons (Fsp3) is 0.500. The van der Waals surface area contributed by atoms with Gasteiger partial charge in [0.25, 0.3) is 5.91 Å². The van der Waals surface area contributed by atoms with Gasteiger partial charge in [-0.3, -0.25) is 9.59 Å². The molecule has 1 aromatic rings. The van der Waals surface area contributed by atoms with Gasteiger partial charge in [0, 0.05) is 24.8 Å². The van der Waals surface area contributed by atoms with E-state index in [4.69, 9.17) is 11.6 Å². The summed E-state index contributed by atoms with van der Waals surface area (Å²) in [5.41, 5.74) is -0.198. The van der Waals surface area contributed by atoms with Gasteiger partial charge in [0.2, 0.25) is 0 Å². The standard InChI is InChI=1S/C14H17ClN2O3/c1-2-14(13(19)20)4-7-17(8-5-14)12(18)10-3-6-16-11(15)9-10/h3,6,9H,2,4-5,7-8H2,1H3,(H,19,20). The molecule has 1 amide bonds. The zero-order valence-electron chi connectivity index (χ0n) is 11.3. The lowest BCUT2D eigenvalue weighted by atomic mass is 9.76. The fourth-order valence-corrected chi connectivity index (χ4v) is 2.75. The fourth-order valence-electron chi connectivity index (χ4n) is 2.57. The number of amides is 1. The van der Waals surface area contributed by atoms with E-state index in [1.54, 1.807) is 11.0 Å². The second kappa shape index (κ2) is 5.79. The number of aliphatic carboxylic acids is 1. The van der Waals surface area contributed by atoms with E-state index in [0.29, 0.717) is 37.9 Å². The summed E-state index contributed by atoms with van der Waals surface area (Å²) in [5.74, 6) is -0.886. The Morgan fingerprint density at radius 1 is 1.45 bits per heavy atom. The molecule has 0 aromatic carbocycles. The van der Waals surface area contributed by atoms with Crippen molar-refractivity contribution in [3.05, 3.63) is 29.0 Å². The highest BCUT2D eigenvalue weighted by Crippen LogP contribution is 2.35. The highest BCUT2D eigenvalue weighted by Gasteiger charge is 2.40. The molecule has 5 nitrogen and oxygen atoms in total. The molecule has 2 heterocycles. The van der Waals surface area contributed by atoms with Crippen LogP contribution in [0.2, 0.25) is 5.15 Å². The number of carbonyl (C=O) groups excluding carboxylic acids is 1. The van der Waals surface area contributed by atoms with Crippen LogP contribution in [0.1, 0.15) is 36.5 Å². The first-order chi connectivity index (χ1) is 9.48. The van der Waals surface area contributed by atoms with Gasteiger partial charge in [-0.1, -0.05) is 18.5 Å². The molecule has 0 aliphatic carbocycles. The summed E-state index contributed by atoms with van der Waals surface area (Å²) in [7, 11) is 0. The average Bonchev–Trinajstić information content (AvgIpc) is 2.46. The van der Waals surface area contributed by atoms with Gasteiger partial charge < -0.3 is 10.0 Å². The number of carbonyl (C=O) groups is 2. The van der Waals surface area contributed by atoms with E-state index in [1.807, 2.05) is 6.92 Å². The van der Waals surface area contributed by atoms with Crippen molar-refractivity contribution in [2.75, 3.05) is 13.1 Å². The minimum absolute atomic E-state index is 0.121. The number of hydrogen-bond acceptors (Lipinski definition) is 3. The molecule has 0 atom stereocenters. The number of likely N-dealkylation sites (tertiary alicyclic amines) is 1. The molecule has 2 rings (SSSR count). The van der Waals surface area contributed by atoms with Crippen LogP contribution in [0.3, 0.4) is 0 Å². The molecule has 1 saturated heterocycles. The molecule has 20 heavy (non-hydrogen) atoms. The minimum Gasteiger partial charge on any atom is -0.481 e. The molecule has 0 radical (unpaired) electrons. The third-order valence-corrected chi connectivity index (χ3v) is 4.32. The predicted octanol–water partition coefficient (Wildman–Crippen LogP) is 2.45. The van der Waals surface area contributed by atoms with Gasteiger partial charge in [0.1, 0.15) is 5.15 Å². The average molecular weight is 297 g/mol. The van der Waals surface area contributed by atoms with Crippen LogP contribution in [-0.4, -0.2) is 40.0 Å². The largest absolute Gasteiger partial charge is 0.481 e. The van der Waals surface area contributed by atoms with Crippen molar-refractivity contribution in [3.8, 4) is 0 Å². The van der Waals surface area contributed by atoms with E-state index < -0.39 is 11.4 Å². The lowest BCUT2D eigenvalue weighted by Gasteiger charge is -2.38. The Kier molecular flexibility index (Phi) is 4.28. The molecule has 1 aliphatic rings. The Labute approximate surface area is 122 Å². The Hall–Kier alpha value is -1.62. The molecule has 108 valence electrons. The van der Waals surface area contributed by atoms with E-state index in [1.165, 1.54) is 12.3 Å². The van der Waals surface area contributed by atoms with Crippen LogP contribution in [0, 0.1) is 5.41 Å². The molecule has 0 spiro atoms. The molecule has 0 bridgehead atoms. The molecular formula is C14H17ClN2O3. The summed E-state index contributed by atoms with van der Waals surface area (Å²) in [6.45, 7) is 2.80. The second-order valence-electron chi connectivity index (χ2n) is 5.10. The first kappa shape index (κ1) is 14.8. The van der Waals surface area contributed by atoms with Crippen LogP contribution in [0.4, 0.5) is 0 Å². The zero-order valence-corrected chi connectivity index (χ0v) is 12.1. The third kappa shape index (κ3) is 2.77. The summed E-state index contributed by atoms with van der Waals surface area (Å²) < 4.78 is 0. The lowest BCUT2D eigenvalue weighted by Crippen LogP contribution is -2.46. The number of piperidine rings is 1. The van der Waals surface area contributed by atoms with Crippen molar-refractivity contribution in [3.63, 3.8) is 0 Å². The van der Waals surface area contributed by atoms with Crippen molar-refractivity contribution in [2.24, 2.45) is 5.41 Å². The Balaban J connectivity index is 2.07. The highest BCUT2D eigenvalue weighted by atomic mass is 35.5. The second-order valence-corrected chi connectivity index (χ2v) is 5.49. The number of hydrogen-bond donors (Lipinski definition) is 1. The highest BCUT2D eigenvalue weighted by molar-refractivity contribution is 6.29. The normalized spacial score (nSPS) is 17.8. The number of pyridine rings is 1. The first-order valence-corrected chi connectivity index (χ1v) is 7.00. The van der Waals surface area contributed by atoms with E-state index >= 15 is 0 Å². The monoisotopic (exact) mass is 296 g/mol. The maximum atomic E-state index is 12.3. The van der Waals surface area contributed by atoms with Crippen molar-refractivity contribution >= 4 is 23.5 Å². The van der Waals surface area contributed by atoms with Crippen LogP contribution < -0.4 is 0 Å². The van der Waals surface area contributed by atoms with Crippen LogP contribution in [0.25, 0.3) is 0 Å². The van der Waals surface area contributed by atoms with Gasteiger partial charge in [-0.15, -0.1) is 0 Å². The van der Waals surface area contributed by atoms with Crippen molar-refractivity contribution < 1.29 is 14.7 Å². The Bertz CT molecular complexity index is 525. The summed E-state index contributed by atoms with van der Waals surface area (Å²) in [6, 6.07) is 3.15. The number of aromatic nitrogens is 1. The van der Waals surface area contributed by atoms with Gasteiger partial charge in [0.05, 0.1) is 5.41 Å². The molecular weight excluding hydrogens is 280 g/mol. The van der Waals surface area contributed by atoms with Gasteiger partial charge in [-0.2, -0.15) is 0 Å². The van der Waals surface area contributed by atoms with E-state index in [2.05, 4.69) is 4.98 Å². The predicted molar refractivity (Wildman–Crippen MR) is 74.7 cm³/mol. The number of rotatable bonds is 3. The first-order valence-electron chi connectivity index (χ1n) is 6.63. The molecule has 1 aliphatic heterocycles. The maximum Gasteiger partial charge on any atom is 0.309 e. The molecule has 1 fully saturated rings. The lowest BCUT2D eigenvalue weighted by molar-refractivity contribution is -0.152. The molecule has 0 saturated carbocycles. The topological polar surface area (TPSA) is 70.5 Å². The van der Waals surface area contributed by atoms with Crippen LogP contribution in [0.15, 0.2) is 18.3 Å². The van der Waals surface area contributed by atoms with Gasteiger partial charge in [0.15, 0.2) is 0 Å². The SMILES string of the molecule is CCC1(C(=O)O)CCN(C(=O)c2ccnc(Cl)c2)CC1. The van der Waals surface area contributed by atoms with Gasteiger partial charge in [-0.25, -0.2) is 4.98 Å². The third-order valence-electron chi connectivity index (χ3n) is 4.11. The smallest absolute Gasteiger partial charge is 0.309 e. The summed E-state index contributed by atoms with van der Waals surface area (Å²) in [4.78, 5) is 29.2. The van der Waals surface area contributed by atoms with E-state index in [9.17, 15) is 14.7 Å². The molecule has 1 aromatic heterocycles. The number of carboxylic acid groups (broad SMARTS) is 1. The number of carboxylic acids is 1.